The van der Waals surface area contributed by atoms with Gasteiger partial charge in [0, 0.05) is 25.1 Å². The predicted molar refractivity (Wildman–Crippen MR) is 70.6 cm³/mol. The van der Waals surface area contributed by atoms with Gasteiger partial charge in [0.1, 0.15) is 0 Å². The van der Waals surface area contributed by atoms with E-state index >= 15 is 0 Å². The Morgan fingerprint density at radius 1 is 1.22 bits per heavy atom. The second-order valence-corrected chi connectivity index (χ2v) is 6.82. The molecule has 2 heterocycles. The van der Waals surface area contributed by atoms with E-state index in [1.807, 2.05) is 13.8 Å². The van der Waals surface area contributed by atoms with Crippen LogP contribution in [0.15, 0.2) is 0 Å². The van der Waals surface area contributed by atoms with Crippen LogP contribution in [0.1, 0.15) is 34.1 Å². The summed E-state index contributed by atoms with van der Waals surface area (Å²) in [7, 11) is 2.12. The molecule has 3 unspecified atom stereocenters. The van der Waals surface area contributed by atoms with Gasteiger partial charge in [0.25, 0.3) is 0 Å². The van der Waals surface area contributed by atoms with Crippen LogP contribution in [-0.4, -0.2) is 60.2 Å². The minimum atomic E-state index is -0.457. The van der Waals surface area contributed by atoms with E-state index in [1.54, 1.807) is 0 Å². The summed E-state index contributed by atoms with van der Waals surface area (Å²) in [5, 5.41) is 10.5. The molecule has 2 aliphatic rings. The van der Waals surface area contributed by atoms with Gasteiger partial charge in [-0.15, -0.1) is 0 Å². The Bertz CT molecular complexity index is 297. The van der Waals surface area contributed by atoms with Gasteiger partial charge in [-0.1, -0.05) is 0 Å². The maximum absolute atomic E-state index is 10.5. The van der Waals surface area contributed by atoms with E-state index in [-0.39, 0.29) is 11.5 Å². The van der Waals surface area contributed by atoms with Crippen molar-refractivity contribution >= 4 is 0 Å². The molecule has 0 amide bonds. The highest BCUT2D eigenvalue weighted by Gasteiger charge is 2.53. The molecule has 0 radical (unpaired) electrons. The molecule has 4 nitrogen and oxygen atoms in total. The molecule has 0 aromatic carbocycles. The number of ether oxygens (including phenoxy) is 2. The fourth-order valence-electron chi connectivity index (χ4n) is 3.33. The van der Waals surface area contributed by atoms with Crippen molar-refractivity contribution < 1.29 is 14.6 Å². The molecule has 0 bridgehead atoms. The lowest BCUT2D eigenvalue weighted by Gasteiger charge is -2.33. The largest absolute Gasteiger partial charge is 0.390 e. The molecular weight excluding hydrogens is 230 g/mol. The molecule has 0 spiro atoms. The molecule has 0 aromatic rings. The van der Waals surface area contributed by atoms with E-state index in [1.165, 1.54) is 0 Å². The number of likely N-dealkylation sites (N-methyl/N-ethyl adjacent to an activating group) is 1. The van der Waals surface area contributed by atoms with E-state index in [2.05, 4.69) is 25.8 Å². The number of aliphatic hydroxyl groups excluding tert-OH is 1. The highest BCUT2D eigenvalue weighted by molar-refractivity contribution is 5.02. The van der Waals surface area contributed by atoms with Gasteiger partial charge < -0.3 is 19.5 Å². The Balaban J connectivity index is 2.03. The lowest BCUT2D eigenvalue weighted by molar-refractivity contribution is -0.0914. The van der Waals surface area contributed by atoms with Gasteiger partial charge >= 0.3 is 0 Å². The maximum atomic E-state index is 10.5. The first-order valence-corrected chi connectivity index (χ1v) is 6.90. The summed E-state index contributed by atoms with van der Waals surface area (Å²) in [6, 6.07) is 0.483. The van der Waals surface area contributed by atoms with Gasteiger partial charge in [0.05, 0.1) is 23.9 Å². The third-order valence-electron chi connectivity index (χ3n) is 4.53. The fourth-order valence-corrected chi connectivity index (χ4v) is 3.33. The van der Waals surface area contributed by atoms with Crippen LogP contribution in [0.25, 0.3) is 0 Å². The second kappa shape index (κ2) is 4.75. The molecule has 0 aromatic heterocycles. The number of rotatable bonds is 3. The lowest BCUT2D eigenvalue weighted by atomic mass is 9.84. The molecule has 2 fully saturated rings. The highest BCUT2D eigenvalue weighted by atomic mass is 16.5. The van der Waals surface area contributed by atoms with Crippen LogP contribution < -0.4 is 0 Å². The van der Waals surface area contributed by atoms with Crippen LogP contribution in [-0.2, 0) is 9.47 Å². The smallest absolute Gasteiger partial charge is 0.0896 e. The number of nitrogens with zero attached hydrogens (tertiary/aromatic N) is 1. The van der Waals surface area contributed by atoms with E-state index in [9.17, 15) is 5.11 Å². The first-order chi connectivity index (χ1) is 8.24. The van der Waals surface area contributed by atoms with Crippen molar-refractivity contribution in [2.45, 2.75) is 57.5 Å². The monoisotopic (exact) mass is 257 g/mol. The fraction of sp³-hybridized carbons (Fsp3) is 1.00. The van der Waals surface area contributed by atoms with E-state index in [0.717, 1.165) is 26.2 Å². The van der Waals surface area contributed by atoms with Crippen molar-refractivity contribution in [1.29, 1.82) is 0 Å². The Kier molecular flexibility index (Phi) is 3.76. The first-order valence-electron chi connectivity index (χ1n) is 6.90. The maximum Gasteiger partial charge on any atom is 0.0896 e. The molecule has 18 heavy (non-hydrogen) atoms. The van der Waals surface area contributed by atoms with Crippen LogP contribution in [0.5, 0.6) is 0 Å². The molecule has 2 rings (SSSR count). The van der Waals surface area contributed by atoms with Gasteiger partial charge in [-0.25, -0.2) is 0 Å². The Hall–Kier alpha value is -0.160. The second-order valence-electron chi connectivity index (χ2n) is 6.82. The SMILES string of the molecule is CN(CC1C(O)C(C)(C)OC1(C)C)C1CCOC1. The minimum absolute atomic E-state index is 0.137. The first kappa shape index (κ1) is 14.3. The summed E-state index contributed by atoms with van der Waals surface area (Å²) in [6.07, 6.45) is 0.668. The summed E-state index contributed by atoms with van der Waals surface area (Å²) < 4.78 is 11.4. The molecule has 106 valence electrons. The molecule has 1 N–H and O–H groups in total. The third kappa shape index (κ3) is 2.57. The summed E-state index contributed by atoms with van der Waals surface area (Å²) in [5.74, 6) is 0.137. The van der Waals surface area contributed by atoms with Crippen LogP contribution in [0.4, 0.5) is 0 Å². The van der Waals surface area contributed by atoms with Crippen molar-refractivity contribution in [2.24, 2.45) is 5.92 Å². The van der Waals surface area contributed by atoms with Gasteiger partial charge in [0.2, 0.25) is 0 Å². The normalized spacial score (nSPS) is 38.5. The highest BCUT2D eigenvalue weighted by Crippen LogP contribution is 2.42. The number of hydrogen-bond donors (Lipinski definition) is 1. The summed E-state index contributed by atoms with van der Waals surface area (Å²) in [4.78, 5) is 2.31. The average Bonchev–Trinajstić information content (AvgIpc) is 2.79. The van der Waals surface area contributed by atoms with Gasteiger partial charge in [-0.3, -0.25) is 0 Å². The molecule has 2 saturated heterocycles. The quantitative estimate of drug-likeness (QED) is 0.827. The van der Waals surface area contributed by atoms with Crippen molar-refractivity contribution in [3.63, 3.8) is 0 Å². The van der Waals surface area contributed by atoms with Crippen LogP contribution in [0.2, 0.25) is 0 Å². The van der Waals surface area contributed by atoms with Crippen molar-refractivity contribution in [3.8, 4) is 0 Å². The van der Waals surface area contributed by atoms with Crippen LogP contribution in [0.3, 0.4) is 0 Å². The van der Waals surface area contributed by atoms with E-state index in [4.69, 9.17) is 9.47 Å². The molecule has 2 aliphatic heterocycles. The molecule has 4 heteroatoms. The minimum Gasteiger partial charge on any atom is -0.390 e. The van der Waals surface area contributed by atoms with Crippen molar-refractivity contribution in [3.05, 3.63) is 0 Å². The van der Waals surface area contributed by atoms with Crippen LogP contribution >= 0.6 is 0 Å². The lowest BCUT2D eigenvalue weighted by Crippen LogP contribution is -2.45. The Labute approximate surface area is 110 Å². The average molecular weight is 257 g/mol. The molecular formula is C14H27NO3. The zero-order valence-electron chi connectivity index (χ0n) is 12.3. The molecule has 0 aliphatic carbocycles. The summed E-state index contributed by atoms with van der Waals surface area (Å²) in [5.41, 5.74) is -0.738. The molecule has 0 saturated carbocycles. The van der Waals surface area contributed by atoms with Crippen molar-refractivity contribution in [2.75, 3.05) is 26.8 Å². The number of aliphatic hydroxyl groups is 1. The number of hydrogen-bond acceptors (Lipinski definition) is 4. The third-order valence-corrected chi connectivity index (χ3v) is 4.53. The zero-order valence-corrected chi connectivity index (χ0v) is 12.3. The van der Waals surface area contributed by atoms with Crippen LogP contribution in [0, 0.1) is 5.92 Å². The Morgan fingerprint density at radius 3 is 2.33 bits per heavy atom. The Morgan fingerprint density at radius 2 is 1.89 bits per heavy atom. The van der Waals surface area contributed by atoms with E-state index in [0.29, 0.717) is 6.04 Å². The predicted octanol–water partition coefficient (Wildman–Crippen LogP) is 1.27. The standard InChI is InChI=1S/C14H27NO3/c1-13(2)11(12(16)14(3,4)18-13)8-15(5)10-6-7-17-9-10/h10-12,16H,6-9H2,1-5H3. The van der Waals surface area contributed by atoms with E-state index < -0.39 is 11.7 Å². The summed E-state index contributed by atoms with van der Waals surface area (Å²) in [6.45, 7) is 10.6. The van der Waals surface area contributed by atoms with Crippen molar-refractivity contribution in [1.82, 2.24) is 4.90 Å². The van der Waals surface area contributed by atoms with Gasteiger partial charge in [-0.05, 0) is 41.2 Å². The molecule has 3 atom stereocenters. The zero-order chi connectivity index (χ0) is 13.6. The topological polar surface area (TPSA) is 41.9 Å². The van der Waals surface area contributed by atoms with Gasteiger partial charge in [0.15, 0.2) is 0 Å². The summed E-state index contributed by atoms with van der Waals surface area (Å²) >= 11 is 0. The van der Waals surface area contributed by atoms with Gasteiger partial charge in [-0.2, -0.15) is 0 Å².